The van der Waals surface area contributed by atoms with Gasteiger partial charge in [-0.1, -0.05) is 62.3 Å². The molecular formula is C29H55IN4O4Si3. The molecule has 0 bridgehead atoms. The highest BCUT2D eigenvalue weighted by Crippen LogP contribution is 2.47. The fourth-order valence-electron chi connectivity index (χ4n) is 4.10. The van der Waals surface area contributed by atoms with Crippen LogP contribution < -0.4 is 5.73 Å². The van der Waals surface area contributed by atoms with Crippen LogP contribution in [0.15, 0.2) is 12.5 Å². The van der Waals surface area contributed by atoms with Crippen molar-refractivity contribution in [1.29, 1.82) is 0 Å². The van der Waals surface area contributed by atoms with Gasteiger partial charge in [-0.05, 0) is 77.0 Å². The number of hydrogen-bond acceptors (Lipinski definition) is 7. The predicted octanol–water partition coefficient (Wildman–Crippen LogP) is 8.32. The van der Waals surface area contributed by atoms with E-state index in [1.165, 1.54) is 0 Å². The summed E-state index contributed by atoms with van der Waals surface area (Å²) in [6.45, 7) is 34.7. The van der Waals surface area contributed by atoms with Crippen molar-refractivity contribution in [2.75, 3.05) is 12.3 Å². The minimum Gasteiger partial charge on any atom is -0.414 e. The van der Waals surface area contributed by atoms with Gasteiger partial charge in [-0.15, -0.1) is 0 Å². The van der Waals surface area contributed by atoms with Crippen LogP contribution in [0.4, 0.5) is 5.82 Å². The maximum Gasteiger partial charge on any atom is 0.192 e. The number of anilines is 1. The number of fused-ring (bicyclic) bond motifs is 1. The van der Waals surface area contributed by atoms with Gasteiger partial charge in [0.2, 0.25) is 0 Å². The van der Waals surface area contributed by atoms with Gasteiger partial charge < -0.3 is 23.7 Å². The molecule has 0 unspecified atom stereocenters. The molecule has 1 fully saturated rings. The molecule has 2 aromatic rings. The molecule has 234 valence electrons. The average Bonchev–Trinajstić information content (AvgIpc) is 3.35. The number of nitrogens with zero attached hydrogens (tertiary/aromatic N) is 3. The van der Waals surface area contributed by atoms with Crippen LogP contribution in [0.1, 0.15) is 68.5 Å². The Hall–Kier alpha value is -0.359. The van der Waals surface area contributed by atoms with Crippen molar-refractivity contribution in [3.05, 3.63) is 16.1 Å². The van der Waals surface area contributed by atoms with Gasteiger partial charge in [0.1, 0.15) is 23.8 Å². The Bertz CT molecular complexity index is 1230. The molecule has 8 nitrogen and oxygen atoms in total. The Labute approximate surface area is 265 Å². The quantitative estimate of drug-likeness (QED) is 0.215. The lowest BCUT2D eigenvalue weighted by Crippen LogP contribution is -2.54. The highest BCUT2D eigenvalue weighted by Gasteiger charge is 2.55. The molecule has 0 aliphatic carbocycles. The van der Waals surface area contributed by atoms with E-state index in [0.29, 0.717) is 17.9 Å². The van der Waals surface area contributed by atoms with Crippen LogP contribution in [0.25, 0.3) is 11.0 Å². The molecular weight excluding hydrogens is 680 g/mol. The minimum atomic E-state index is -2.25. The maximum atomic E-state index is 7.29. The number of rotatable bonds is 8. The predicted molar refractivity (Wildman–Crippen MR) is 186 cm³/mol. The van der Waals surface area contributed by atoms with Crippen molar-refractivity contribution in [3.8, 4) is 0 Å². The van der Waals surface area contributed by atoms with Crippen LogP contribution >= 0.6 is 22.6 Å². The van der Waals surface area contributed by atoms with E-state index in [1.54, 1.807) is 6.20 Å². The Balaban J connectivity index is 2.19. The lowest BCUT2D eigenvalue weighted by molar-refractivity contribution is -0.0468. The molecule has 1 aliphatic rings. The van der Waals surface area contributed by atoms with E-state index in [9.17, 15) is 0 Å². The summed E-state index contributed by atoms with van der Waals surface area (Å²) in [5, 5.41) is 0.113. The molecule has 1 saturated heterocycles. The van der Waals surface area contributed by atoms with E-state index in [0.717, 1.165) is 9.09 Å². The fourth-order valence-corrected chi connectivity index (χ4v) is 8.39. The van der Waals surface area contributed by atoms with E-state index in [1.807, 2.05) is 6.33 Å². The molecule has 41 heavy (non-hydrogen) atoms. The number of imidazole rings is 1. The standard InChI is InChI=1S/C29H55IN4O4Si3/c1-27(2,3)39(10,11)35-17-20-23(37-40(12,13)28(4,5)6)24(38-41(14,15)29(7,8)9)26(36-20)34-18-33-21-22(34)19(30)16-32-25(21)31/h16,18,20,23-24,26H,17H2,1-15H3,(H2,31,32)/t20-,23-,24-,26-/m1/s1. The number of nitrogens with two attached hydrogens (primary N) is 1. The Morgan fingerprint density at radius 2 is 1.32 bits per heavy atom. The molecule has 0 amide bonds. The summed E-state index contributed by atoms with van der Waals surface area (Å²) in [7, 11) is -6.51. The first-order chi connectivity index (χ1) is 18.3. The topological polar surface area (TPSA) is 93.7 Å². The van der Waals surface area contributed by atoms with Crippen LogP contribution in [0.2, 0.25) is 54.4 Å². The average molecular weight is 735 g/mol. The van der Waals surface area contributed by atoms with Gasteiger partial charge in [0.05, 0.1) is 22.0 Å². The van der Waals surface area contributed by atoms with E-state index in [4.69, 9.17) is 23.7 Å². The lowest BCUT2D eigenvalue weighted by atomic mass is 10.1. The van der Waals surface area contributed by atoms with Crippen molar-refractivity contribution in [2.24, 2.45) is 0 Å². The van der Waals surface area contributed by atoms with Crippen molar-refractivity contribution >= 4 is 64.4 Å². The zero-order chi connectivity index (χ0) is 31.6. The maximum absolute atomic E-state index is 7.29. The molecule has 2 aromatic heterocycles. The van der Waals surface area contributed by atoms with Crippen LogP contribution in [0.5, 0.6) is 0 Å². The van der Waals surface area contributed by atoms with E-state index >= 15 is 0 Å². The summed E-state index contributed by atoms with van der Waals surface area (Å²) in [6, 6.07) is 0. The van der Waals surface area contributed by atoms with Crippen LogP contribution in [-0.4, -0.2) is 64.4 Å². The molecule has 12 heteroatoms. The second kappa shape index (κ2) is 11.5. The lowest BCUT2D eigenvalue weighted by Gasteiger charge is -2.44. The third-order valence-electron chi connectivity index (χ3n) is 10.0. The number of hydrogen-bond donors (Lipinski definition) is 1. The number of halogens is 1. The summed E-state index contributed by atoms with van der Waals surface area (Å²) in [5.41, 5.74) is 7.84. The van der Waals surface area contributed by atoms with Gasteiger partial charge in [-0.3, -0.25) is 4.57 Å². The van der Waals surface area contributed by atoms with E-state index in [2.05, 4.69) is 139 Å². The molecule has 0 spiro atoms. The third kappa shape index (κ3) is 7.15. The summed E-state index contributed by atoms with van der Waals surface area (Å²) >= 11 is 2.30. The fraction of sp³-hybridized carbons (Fsp3) is 0.793. The summed E-state index contributed by atoms with van der Waals surface area (Å²) in [5.74, 6) is 0.408. The zero-order valence-corrected chi connectivity index (χ0v) is 33.3. The van der Waals surface area contributed by atoms with Crippen molar-refractivity contribution < 1.29 is 18.0 Å². The first-order valence-corrected chi connectivity index (χ1v) is 24.5. The Kier molecular flexibility index (Phi) is 9.88. The van der Waals surface area contributed by atoms with E-state index in [-0.39, 0.29) is 33.4 Å². The molecule has 1 aliphatic heterocycles. The van der Waals surface area contributed by atoms with Gasteiger partial charge in [0, 0.05) is 6.20 Å². The highest BCUT2D eigenvalue weighted by atomic mass is 127. The van der Waals surface area contributed by atoms with Crippen molar-refractivity contribution in [3.63, 3.8) is 0 Å². The molecule has 3 heterocycles. The molecule has 2 N–H and O–H groups in total. The minimum absolute atomic E-state index is 0.00851. The molecule has 0 aromatic carbocycles. The number of aromatic nitrogens is 3. The van der Waals surface area contributed by atoms with Crippen LogP contribution in [0.3, 0.4) is 0 Å². The number of ether oxygens (including phenoxy) is 1. The van der Waals surface area contributed by atoms with Gasteiger partial charge in [-0.2, -0.15) is 0 Å². The molecule has 0 saturated carbocycles. The van der Waals surface area contributed by atoms with Gasteiger partial charge in [0.25, 0.3) is 0 Å². The van der Waals surface area contributed by atoms with Gasteiger partial charge in [-0.25, -0.2) is 9.97 Å². The van der Waals surface area contributed by atoms with Crippen molar-refractivity contribution in [1.82, 2.24) is 14.5 Å². The monoisotopic (exact) mass is 734 g/mol. The van der Waals surface area contributed by atoms with Gasteiger partial charge >= 0.3 is 0 Å². The highest BCUT2D eigenvalue weighted by molar-refractivity contribution is 14.1. The van der Waals surface area contributed by atoms with E-state index < -0.39 is 31.2 Å². The molecule has 3 rings (SSSR count). The number of pyridine rings is 1. The van der Waals surface area contributed by atoms with Gasteiger partial charge in [0.15, 0.2) is 37.0 Å². The zero-order valence-electron chi connectivity index (χ0n) is 28.1. The van der Waals surface area contributed by atoms with Crippen LogP contribution in [0, 0.1) is 3.57 Å². The molecule has 4 atom stereocenters. The van der Waals surface area contributed by atoms with Crippen LogP contribution in [-0.2, 0) is 18.0 Å². The SMILES string of the molecule is CC(C)(C)[Si](C)(C)OC[C@H]1O[C@@H](n2cnc3c(N)ncc(I)c32)[C@H](O[Si](C)(C)C(C)(C)C)[C@@H]1O[Si](C)(C)C(C)(C)C. The Morgan fingerprint density at radius 1 is 0.829 bits per heavy atom. The first-order valence-electron chi connectivity index (χ1n) is 14.7. The smallest absolute Gasteiger partial charge is 0.192 e. The summed E-state index contributed by atoms with van der Waals surface area (Å²) < 4.78 is 31.4. The summed E-state index contributed by atoms with van der Waals surface area (Å²) in [6.07, 6.45) is 2.21. The first kappa shape index (κ1) is 35.1. The second-order valence-corrected chi connectivity index (χ2v) is 31.6. The largest absolute Gasteiger partial charge is 0.414 e. The number of nitrogen functional groups attached to an aromatic ring is 1. The second-order valence-electron chi connectivity index (χ2n) is 16.2. The third-order valence-corrected chi connectivity index (χ3v) is 24.3. The molecule has 0 radical (unpaired) electrons. The normalized spacial score (nSPS) is 23.5. The Morgan fingerprint density at radius 3 is 1.80 bits per heavy atom. The van der Waals surface area contributed by atoms with Crippen molar-refractivity contribution in [2.45, 2.75) is 141 Å². The summed E-state index contributed by atoms with van der Waals surface area (Å²) in [4.78, 5) is 9.01.